The van der Waals surface area contributed by atoms with Gasteiger partial charge in [-0.15, -0.1) is 0 Å². The molecule has 1 aliphatic carbocycles. The van der Waals surface area contributed by atoms with Crippen LogP contribution < -0.4 is 0 Å². The van der Waals surface area contributed by atoms with Crippen LogP contribution in [0, 0.1) is 26.2 Å². The molecule has 3 aromatic carbocycles. The highest BCUT2D eigenvalue weighted by Crippen LogP contribution is 2.45. The number of carbonyl (C=O) groups is 2. The van der Waals surface area contributed by atoms with E-state index in [2.05, 4.69) is 44.2 Å². The number of hydrogen-bond acceptors (Lipinski definition) is 6. The second-order valence-corrected chi connectivity index (χ2v) is 11.1. The van der Waals surface area contributed by atoms with Crippen molar-refractivity contribution in [1.29, 1.82) is 0 Å². The molecule has 1 aliphatic heterocycles. The van der Waals surface area contributed by atoms with Gasteiger partial charge >= 0.3 is 11.9 Å². The maximum atomic E-state index is 13.0. The normalized spacial score (nSPS) is 17.1. The van der Waals surface area contributed by atoms with Gasteiger partial charge in [0, 0.05) is 30.9 Å². The summed E-state index contributed by atoms with van der Waals surface area (Å²) in [5, 5.41) is 8.05. The van der Waals surface area contributed by atoms with E-state index in [0.29, 0.717) is 18.4 Å². The summed E-state index contributed by atoms with van der Waals surface area (Å²) in [7, 11) is 1.00. The average Bonchev–Trinajstić information content (AvgIpc) is 3.59. The first-order chi connectivity index (χ1) is 21.3. The van der Waals surface area contributed by atoms with Gasteiger partial charge in [-0.05, 0) is 63.5 Å². The first-order valence-electron chi connectivity index (χ1n) is 15.4. The van der Waals surface area contributed by atoms with Crippen LogP contribution in [0.15, 0.2) is 88.9 Å². The number of carbonyl (C=O) groups excluding carboxylic acids is 2. The van der Waals surface area contributed by atoms with Crippen molar-refractivity contribution >= 4 is 29.0 Å². The van der Waals surface area contributed by atoms with Gasteiger partial charge in [0.15, 0.2) is 0 Å². The SMILES string of the molecule is CC.CO.Cc1ccc(C)cc1.Cc1ccc2oc(CC3(C(=O)OCC4C/C(=C\c5ccccc5)C(=O)O4)CCC3)cc2c1. The van der Waals surface area contributed by atoms with Gasteiger partial charge in [0.25, 0.3) is 0 Å². The fourth-order valence-corrected chi connectivity index (χ4v) is 5.21. The lowest BCUT2D eigenvalue weighted by Gasteiger charge is -2.38. The van der Waals surface area contributed by atoms with Crippen LogP contribution in [-0.2, 0) is 25.5 Å². The second-order valence-electron chi connectivity index (χ2n) is 11.1. The zero-order chi connectivity index (χ0) is 32.1. The molecule has 0 radical (unpaired) electrons. The Labute approximate surface area is 261 Å². The first kappa shape index (κ1) is 34.3. The van der Waals surface area contributed by atoms with Crippen molar-refractivity contribution in [3.05, 3.63) is 112 Å². The lowest BCUT2D eigenvalue weighted by Crippen LogP contribution is -2.42. The molecule has 1 atom stereocenters. The second kappa shape index (κ2) is 16.6. The molecule has 1 saturated carbocycles. The molecule has 6 nitrogen and oxygen atoms in total. The van der Waals surface area contributed by atoms with E-state index in [1.807, 2.05) is 75.4 Å². The molecule has 2 fully saturated rings. The third kappa shape index (κ3) is 9.17. The number of aryl methyl sites for hydroxylation is 3. The number of aliphatic hydroxyl groups excluding tert-OH is 1. The molecule has 0 amide bonds. The fourth-order valence-electron chi connectivity index (χ4n) is 5.21. The molecule has 1 N–H and O–H groups in total. The molecule has 2 aliphatic rings. The third-order valence-corrected chi connectivity index (χ3v) is 7.72. The van der Waals surface area contributed by atoms with E-state index in [9.17, 15) is 9.59 Å². The topological polar surface area (TPSA) is 86.0 Å². The van der Waals surface area contributed by atoms with Crippen molar-refractivity contribution in [2.24, 2.45) is 5.41 Å². The maximum absolute atomic E-state index is 13.0. The Morgan fingerprint density at radius 2 is 1.52 bits per heavy atom. The number of aliphatic hydroxyl groups is 1. The Morgan fingerprint density at radius 1 is 0.909 bits per heavy atom. The van der Waals surface area contributed by atoms with Gasteiger partial charge in [-0.3, -0.25) is 4.79 Å². The standard InChI is InChI=1S/C27H26O5.C8H10.C2H6.CH4O/c1-18-8-9-24-20(12-18)14-22(31-24)16-27(10-5-11-27)26(29)30-17-23-15-21(25(28)32-23)13-19-6-3-2-4-7-19;1-7-3-5-8(2)6-4-7;2*1-2/h2-4,6-9,12-14,23H,5,10-11,15-17H2,1H3;3-6H,1-2H3;1-2H3;2H,1H3/b21-13+;;;. The molecule has 4 aromatic rings. The summed E-state index contributed by atoms with van der Waals surface area (Å²) in [6.45, 7) is 10.3. The number of cyclic esters (lactones) is 1. The molecule has 234 valence electrons. The molecule has 6 rings (SSSR count). The van der Waals surface area contributed by atoms with E-state index in [1.54, 1.807) is 0 Å². The Morgan fingerprint density at radius 3 is 2.11 bits per heavy atom. The molecule has 0 spiro atoms. The van der Waals surface area contributed by atoms with Crippen molar-refractivity contribution in [1.82, 2.24) is 0 Å². The van der Waals surface area contributed by atoms with Gasteiger partial charge in [-0.2, -0.15) is 0 Å². The first-order valence-corrected chi connectivity index (χ1v) is 15.4. The Hall–Kier alpha value is -4.16. The number of hydrogen-bond donors (Lipinski definition) is 1. The Balaban J connectivity index is 0.000000376. The van der Waals surface area contributed by atoms with Crippen LogP contribution in [0.5, 0.6) is 0 Å². The lowest BCUT2D eigenvalue weighted by molar-refractivity contribution is -0.167. The van der Waals surface area contributed by atoms with Crippen LogP contribution in [0.1, 0.15) is 67.5 Å². The highest BCUT2D eigenvalue weighted by Gasteiger charge is 2.47. The van der Waals surface area contributed by atoms with Gasteiger partial charge in [0.1, 0.15) is 24.1 Å². The predicted octanol–water partition coefficient (Wildman–Crippen LogP) is 8.33. The molecular weight excluding hydrogens is 552 g/mol. The number of fused-ring (bicyclic) bond motifs is 1. The lowest BCUT2D eigenvalue weighted by atomic mass is 9.66. The van der Waals surface area contributed by atoms with Crippen LogP contribution in [0.25, 0.3) is 17.0 Å². The van der Waals surface area contributed by atoms with Gasteiger partial charge in [-0.25, -0.2) is 4.79 Å². The van der Waals surface area contributed by atoms with Crippen LogP contribution in [0.4, 0.5) is 0 Å². The molecule has 44 heavy (non-hydrogen) atoms. The molecule has 2 heterocycles. The van der Waals surface area contributed by atoms with Crippen LogP contribution in [0.3, 0.4) is 0 Å². The summed E-state index contributed by atoms with van der Waals surface area (Å²) >= 11 is 0. The predicted molar refractivity (Wildman–Crippen MR) is 176 cm³/mol. The highest BCUT2D eigenvalue weighted by molar-refractivity contribution is 5.95. The number of rotatable bonds is 6. The van der Waals surface area contributed by atoms with E-state index in [0.717, 1.165) is 48.7 Å². The zero-order valence-electron chi connectivity index (χ0n) is 26.9. The van der Waals surface area contributed by atoms with Gasteiger partial charge in [0.2, 0.25) is 0 Å². The number of ether oxygens (including phenoxy) is 2. The van der Waals surface area contributed by atoms with Crippen molar-refractivity contribution < 1.29 is 28.6 Å². The molecule has 1 unspecified atom stereocenters. The van der Waals surface area contributed by atoms with E-state index in [4.69, 9.17) is 19.0 Å². The summed E-state index contributed by atoms with van der Waals surface area (Å²) in [4.78, 5) is 25.2. The molecule has 1 saturated heterocycles. The van der Waals surface area contributed by atoms with Crippen molar-refractivity contribution in [3.8, 4) is 0 Å². The Bertz CT molecular complexity index is 1490. The minimum absolute atomic E-state index is 0.0811. The summed E-state index contributed by atoms with van der Waals surface area (Å²) in [5.41, 5.74) is 5.68. The fraction of sp³-hybridized carbons (Fsp3) is 0.368. The molecule has 0 bridgehead atoms. The van der Waals surface area contributed by atoms with Gasteiger partial charge in [0.05, 0.1) is 5.41 Å². The zero-order valence-corrected chi connectivity index (χ0v) is 26.9. The quantitative estimate of drug-likeness (QED) is 0.177. The largest absolute Gasteiger partial charge is 0.461 e. The van der Waals surface area contributed by atoms with E-state index in [-0.39, 0.29) is 18.5 Å². The maximum Gasteiger partial charge on any atom is 0.334 e. The summed E-state index contributed by atoms with van der Waals surface area (Å²) in [6.07, 6.45) is 4.93. The molecule has 1 aromatic heterocycles. The van der Waals surface area contributed by atoms with E-state index >= 15 is 0 Å². The van der Waals surface area contributed by atoms with Crippen LogP contribution in [0.2, 0.25) is 0 Å². The summed E-state index contributed by atoms with van der Waals surface area (Å²) in [5.74, 6) is 0.241. The minimum atomic E-state index is -0.547. The van der Waals surface area contributed by atoms with Crippen LogP contribution >= 0.6 is 0 Å². The van der Waals surface area contributed by atoms with Crippen molar-refractivity contribution in [2.75, 3.05) is 13.7 Å². The van der Waals surface area contributed by atoms with E-state index < -0.39 is 11.5 Å². The Kier molecular flexibility index (Phi) is 13.0. The molecular formula is C38H46O6. The minimum Gasteiger partial charge on any atom is -0.461 e. The van der Waals surface area contributed by atoms with Crippen molar-refractivity contribution in [3.63, 3.8) is 0 Å². The smallest absolute Gasteiger partial charge is 0.334 e. The number of furan rings is 1. The van der Waals surface area contributed by atoms with Gasteiger partial charge in [-0.1, -0.05) is 97.6 Å². The van der Waals surface area contributed by atoms with Gasteiger partial charge < -0.3 is 19.0 Å². The van der Waals surface area contributed by atoms with Crippen LogP contribution in [-0.4, -0.2) is 36.9 Å². The van der Waals surface area contributed by atoms with E-state index in [1.165, 1.54) is 16.7 Å². The summed E-state index contributed by atoms with van der Waals surface area (Å²) in [6, 6.07) is 26.2. The highest BCUT2D eigenvalue weighted by atomic mass is 16.6. The van der Waals surface area contributed by atoms with Crippen molar-refractivity contribution in [2.45, 2.75) is 72.8 Å². The number of benzene rings is 3. The monoisotopic (exact) mass is 598 g/mol. The summed E-state index contributed by atoms with van der Waals surface area (Å²) < 4.78 is 17.1. The average molecular weight is 599 g/mol. The number of esters is 2. The molecule has 6 heteroatoms. The third-order valence-electron chi connectivity index (χ3n) is 7.72.